The number of aromatic hydroxyl groups is 1. The van der Waals surface area contributed by atoms with Gasteiger partial charge in [-0.15, -0.1) is 13.2 Å². The van der Waals surface area contributed by atoms with Gasteiger partial charge in [0, 0.05) is 0 Å². The first kappa shape index (κ1) is 16.0. The lowest BCUT2D eigenvalue weighted by Crippen LogP contribution is -2.41. The molecule has 1 aromatic rings. The van der Waals surface area contributed by atoms with Gasteiger partial charge in [0.05, 0.1) is 11.2 Å². The van der Waals surface area contributed by atoms with Crippen LogP contribution in [-0.4, -0.2) is 29.8 Å². The number of hydrogen-bond donors (Lipinski definition) is 1. The molecule has 0 aliphatic carbocycles. The smallest absolute Gasteiger partial charge is 0.504 e. The summed E-state index contributed by atoms with van der Waals surface area (Å²) < 4.78 is 51.6. The molecule has 0 atom stereocenters. The van der Waals surface area contributed by atoms with E-state index in [0.717, 1.165) is 12.1 Å². The van der Waals surface area contributed by atoms with Crippen LogP contribution in [0.25, 0.3) is 0 Å². The van der Waals surface area contributed by atoms with Crippen molar-refractivity contribution >= 4 is 12.6 Å². The van der Waals surface area contributed by atoms with E-state index in [4.69, 9.17) is 9.31 Å². The van der Waals surface area contributed by atoms with E-state index in [1.54, 1.807) is 0 Å². The van der Waals surface area contributed by atoms with E-state index in [1.165, 1.54) is 6.07 Å². The van der Waals surface area contributed by atoms with Crippen molar-refractivity contribution < 1.29 is 32.3 Å². The molecule has 0 spiro atoms. The Balaban J connectivity index is 2.22. The number of ether oxygens (including phenoxy) is 1. The maximum atomic E-state index is 12.1. The Labute approximate surface area is 121 Å². The summed E-state index contributed by atoms with van der Waals surface area (Å²) in [6.07, 6.45) is -4.86. The van der Waals surface area contributed by atoms with E-state index in [1.807, 2.05) is 27.7 Å². The van der Waals surface area contributed by atoms with Gasteiger partial charge in [-0.2, -0.15) is 0 Å². The van der Waals surface area contributed by atoms with Crippen molar-refractivity contribution in [3.63, 3.8) is 0 Å². The van der Waals surface area contributed by atoms with Crippen LogP contribution in [0.15, 0.2) is 18.2 Å². The van der Waals surface area contributed by atoms with Crippen LogP contribution in [0.3, 0.4) is 0 Å². The van der Waals surface area contributed by atoms with Gasteiger partial charge in [-0.05, 0) is 45.3 Å². The van der Waals surface area contributed by atoms with Crippen LogP contribution < -0.4 is 10.2 Å². The van der Waals surface area contributed by atoms with Gasteiger partial charge in [-0.3, -0.25) is 0 Å². The molecule has 0 bridgehead atoms. The summed E-state index contributed by atoms with van der Waals surface area (Å²) in [4.78, 5) is 0. The number of halogens is 3. The van der Waals surface area contributed by atoms with E-state index in [2.05, 4.69) is 4.74 Å². The molecule has 0 saturated carbocycles. The molecule has 21 heavy (non-hydrogen) atoms. The van der Waals surface area contributed by atoms with E-state index in [9.17, 15) is 18.3 Å². The lowest BCUT2D eigenvalue weighted by Gasteiger charge is -2.32. The summed E-state index contributed by atoms with van der Waals surface area (Å²) in [6.45, 7) is 7.42. The molecule has 1 N–H and O–H groups in total. The van der Waals surface area contributed by atoms with Gasteiger partial charge in [0.2, 0.25) is 0 Å². The molecule has 1 heterocycles. The first-order valence-corrected chi connectivity index (χ1v) is 6.36. The molecule has 1 aliphatic rings. The highest BCUT2D eigenvalue weighted by Gasteiger charge is 2.51. The fourth-order valence-electron chi connectivity index (χ4n) is 1.87. The topological polar surface area (TPSA) is 47.9 Å². The van der Waals surface area contributed by atoms with E-state index in [0.29, 0.717) is 5.46 Å². The minimum absolute atomic E-state index is 0.417. The molecule has 0 radical (unpaired) electrons. The summed E-state index contributed by atoms with van der Waals surface area (Å²) in [5, 5.41) is 9.64. The Hall–Kier alpha value is -1.41. The van der Waals surface area contributed by atoms with Gasteiger partial charge >= 0.3 is 13.5 Å². The second-order valence-corrected chi connectivity index (χ2v) is 5.86. The van der Waals surface area contributed by atoms with Gasteiger partial charge in [-0.25, -0.2) is 0 Å². The normalized spacial score (nSPS) is 20.6. The third kappa shape index (κ3) is 3.27. The fourth-order valence-corrected chi connectivity index (χ4v) is 1.87. The number of phenolic OH excluding ortho intramolecular Hbond substituents is 1. The zero-order chi connectivity index (χ0) is 16.1. The first-order chi connectivity index (χ1) is 9.41. The maximum Gasteiger partial charge on any atom is 0.573 e. The predicted molar refractivity (Wildman–Crippen MR) is 70.5 cm³/mol. The Morgan fingerprint density at radius 1 is 1.10 bits per heavy atom. The highest BCUT2D eigenvalue weighted by atomic mass is 19.4. The lowest BCUT2D eigenvalue weighted by atomic mass is 9.79. The molecule has 0 aromatic heterocycles. The zero-order valence-corrected chi connectivity index (χ0v) is 12.1. The van der Waals surface area contributed by atoms with Crippen LogP contribution in [-0.2, 0) is 9.31 Å². The van der Waals surface area contributed by atoms with Gasteiger partial charge in [0.1, 0.15) is 0 Å². The summed E-state index contributed by atoms with van der Waals surface area (Å²) in [5.74, 6) is -1.29. The Morgan fingerprint density at radius 2 is 1.62 bits per heavy atom. The van der Waals surface area contributed by atoms with E-state index in [-0.39, 0.29) is 0 Å². The van der Waals surface area contributed by atoms with E-state index >= 15 is 0 Å². The van der Waals surface area contributed by atoms with Gasteiger partial charge in [0.15, 0.2) is 11.5 Å². The van der Waals surface area contributed by atoms with Crippen LogP contribution in [0.5, 0.6) is 11.5 Å². The van der Waals surface area contributed by atoms with Crippen molar-refractivity contribution in [1.82, 2.24) is 0 Å². The van der Waals surface area contributed by atoms with Crippen LogP contribution in [0.2, 0.25) is 0 Å². The average molecular weight is 304 g/mol. The van der Waals surface area contributed by atoms with Gasteiger partial charge < -0.3 is 19.2 Å². The summed E-state index contributed by atoms with van der Waals surface area (Å²) in [5.41, 5.74) is -0.733. The summed E-state index contributed by atoms with van der Waals surface area (Å²) >= 11 is 0. The van der Waals surface area contributed by atoms with Crippen molar-refractivity contribution in [3.8, 4) is 11.5 Å². The molecule has 2 rings (SSSR count). The molecule has 8 heteroatoms. The van der Waals surface area contributed by atoms with Crippen molar-refractivity contribution in [2.24, 2.45) is 0 Å². The second-order valence-electron chi connectivity index (χ2n) is 5.86. The highest BCUT2D eigenvalue weighted by Crippen LogP contribution is 2.37. The summed E-state index contributed by atoms with van der Waals surface area (Å²) in [7, 11) is -0.763. The SMILES string of the molecule is CC1(C)OB(c2ccc(OC(F)(F)F)c(O)c2)OC1(C)C. The maximum absolute atomic E-state index is 12.1. The second kappa shape index (κ2) is 4.81. The fraction of sp³-hybridized carbons (Fsp3) is 0.538. The molecule has 0 unspecified atom stereocenters. The lowest BCUT2D eigenvalue weighted by molar-refractivity contribution is -0.275. The largest absolute Gasteiger partial charge is 0.573 e. The predicted octanol–water partition coefficient (Wildman–Crippen LogP) is 2.59. The summed E-state index contributed by atoms with van der Waals surface area (Å²) in [6, 6.07) is 3.54. The Bertz CT molecular complexity index is 527. The molecule has 1 aliphatic heterocycles. The molecule has 1 fully saturated rings. The molecule has 1 aromatic carbocycles. The molecule has 1 saturated heterocycles. The minimum Gasteiger partial charge on any atom is -0.504 e. The number of hydrogen-bond acceptors (Lipinski definition) is 4. The quantitative estimate of drug-likeness (QED) is 0.853. The van der Waals surface area contributed by atoms with Crippen molar-refractivity contribution in [2.75, 3.05) is 0 Å². The van der Waals surface area contributed by atoms with Gasteiger partial charge in [0.25, 0.3) is 0 Å². The molecular formula is C13H16BF3O4. The van der Waals surface area contributed by atoms with Crippen LogP contribution in [0.4, 0.5) is 13.2 Å². The Kier molecular flexibility index (Phi) is 3.66. The third-order valence-corrected chi connectivity index (χ3v) is 3.73. The van der Waals surface area contributed by atoms with Crippen molar-refractivity contribution in [1.29, 1.82) is 0 Å². The van der Waals surface area contributed by atoms with E-state index < -0.39 is 36.2 Å². The average Bonchev–Trinajstić information content (AvgIpc) is 2.49. The van der Waals surface area contributed by atoms with Crippen LogP contribution in [0.1, 0.15) is 27.7 Å². The zero-order valence-electron chi connectivity index (χ0n) is 12.1. The first-order valence-electron chi connectivity index (χ1n) is 6.36. The van der Waals surface area contributed by atoms with Gasteiger partial charge in [-0.1, -0.05) is 6.07 Å². The number of alkyl halides is 3. The van der Waals surface area contributed by atoms with Crippen molar-refractivity contribution in [2.45, 2.75) is 45.3 Å². The number of benzene rings is 1. The third-order valence-electron chi connectivity index (χ3n) is 3.73. The Morgan fingerprint density at radius 3 is 2.05 bits per heavy atom. The minimum atomic E-state index is -4.86. The van der Waals surface area contributed by atoms with Crippen LogP contribution in [0, 0.1) is 0 Å². The number of phenols is 1. The van der Waals surface area contributed by atoms with Crippen molar-refractivity contribution in [3.05, 3.63) is 18.2 Å². The standard InChI is InChI=1S/C13H16BF3O4/c1-11(2)12(3,4)21-14(20-11)8-5-6-10(9(18)7-8)19-13(15,16)17/h5-7,18H,1-4H3. The highest BCUT2D eigenvalue weighted by molar-refractivity contribution is 6.62. The van der Waals surface area contributed by atoms with Crippen LogP contribution >= 0.6 is 0 Å². The number of rotatable bonds is 2. The monoisotopic (exact) mass is 304 g/mol. The molecule has 116 valence electrons. The molecule has 0 amide bonds. The molecular weight excluding hydrogens is 288 g/mol. The molecule has 4 nitrogen and oxygen atoms in total.